The first-order chi connectivity index (χ1) is 17.8. The second-order valence-electron chi connectivity index (χ2n) is 9.04. The normalized spacial score (nSPS) is 13.3. The van der Waals surface area contributed by atoms with Crippen LogP contribution in [-0.4, -0.2) is 48.2 Å². The molecule has 2 N–H and O–H groups in total. The predicted octanol–water partition coefficient (Wildman–Crippen LogP) is 4.39. The number of sulfonamides is 1. The molecule has 1 amide bonds. The molecule has 8 nitrogen and oxygen atoms in total. The van der Waals surface area contributed by atoms with Gasteiger partial charge in [0.2, 0.25) is 0 Å². The van der Waals surface area contributed by atoms with Crippen LogP contribution in [0.5, 0.6) is 11.5 Å². The first-order valence-corrected chi connectivity index (χ1v) is 13.8. The molecule has 0 unspecified atom stereocenters. The number of hydrogen-bond acceptors (Lipinski definition) is 6. The van der Waals surface area contributed by atoms with E-state index < -0.39 is 10.0 Å². The summed E-state index contributed by atoms with van der Waals surface area (Å²) in [6.07, 6.45) is 2.69. The summed E-state index contributed by atoms with van der Waals surface area (Å²) in [5.74, 6) is 1.01. The zero-order valence-corrected chi connectivity index (χ0v) is 22.2. The maximum absolute atomic E-state index is 13.1. The molecule has 3 aromatic rings. The van der Waals surface area contributed by atoms with Gasteiger partial charge in [0.1, 0.15) is 0 Å². The lowest BCUT2D eigenvalue weighted by Crippen LogP contribution is -2.26. The molecule has 1 heterocycles. The fourth-order valence-corrected chi connectivity index (χ4v) is 5.44. The maximum atomic E-state index is 13.1. The molecule has 0 spiro atoms. The number of nitrogens with one attached hydrogen (secondary N) is 2. The van der Waals surface area contributed by atoms with Crippen LogP contribution in [0.3, 0.4) is 0 Å². The van der Waals surface area contributed by atoms with E-state index in [1.54, 1.807) is 50.6 Å². The molecule has 3 aromatic carbocycles. The summed E-state index contributed by atoms with van der Waals surface area (Å²) in [6.45, 7) is 4.00. The van der Waals surface area contributed by atoms with Crippen LogP contribution in [-0.2, 0) is 16.4 Å². The first kappa shape index (κ1) is 26.3. The maximum Gasteiger partial charge on any atom is 0.261 e. The van der Waals surface area contributed by atoms with Crippen molar-refractivity contribution in [3.63, 3.8) is 0 Å². The van der Waals surface area contributed by atoms with E-state index in [-0.39, 0.29) is 10.8 Å². The lowest BCUT2D eigenvalue weighted by atomic mass is 10.1. The van der Waals surface area contributed by atoms with E-state index in [4.69, 9.17) is 9.47 Å². The summed E-state index contributed by atoms with van der Waals surface area (Å²) in [7, 11) is -0.652. The molecule has 0 atom stereocenters. The number of amides is 1. The van der Waals surface area contributed by atoms with Gasteiger partial charge < -0.3 is 19.7 Å². The van der Waals surface area contributed by atoms with Crippen LogP contribution in [0.4, 0.5) is 11.4 Å². The molecule has 0 aliphatic carbocycles. The van der Waals surface area contributed by atoms with Gasteiger partial charge in [-0.05, 0) is 74.2 Å². The summed E-state index contributed by atoms with van der Waals surface area (Å²) < 4.78 is 39.6. The molecule has 9 heteroatoms. The average Bonchev–Trinajstić information content (AvgIpc) is 3.43. The second-order valence-corrected chi connectivity index (χ2v) is 10.7. The lowest BCUT2D eigenvalue weighted by Gasteiger charge is -2.23. The number of benzene rings is 3. The minimum atomic E-state index is -3.82. The van der Waals surface area contributed by atoms with Gasteiger partial charge in [-0.2, -0.15) is 0 Å². The molecule has 196 valence electrons. The van der Waals surface area contributed by atoms with Gasteiger partial charge in [-0.25, -0.2) is 8.42 Å². The number of carbonyl (C=O) groups is 1. The van der Waals surface area contributed by atoms with Gasteiger partial charge in [0, 0.05) is 25.2 Å². The van der Waals surface area contributed by atoms with Gasteiger partial charge >= 0.3 is 0 Å². The van der Waals surface area contributed by atoms with Crippen molar-refractivity contribution < 1.29 is 22.7 Å². The number of rotatable bonds is 10. The highest BCUT2D eigenvalue weighted by Crippen LogP contribution is 2.32. The van der Waals surface area contributed by atoms with Crippen LogP contribution in [0.2, 0.25) is 0 Å². The third-order valence-corrected chi connectivity index (χ3v) is 7.81. The van der Waals surface area contributed by atoms with Crippen molar-refractivity contribution >= 4 is 27.3 Å². The van der Waals surface area contributed by atoms with E-state index in [1.165, 1.54) is 0 Å². The average molecular weight is 524 g/mol. The van der Waals surface area contributed by atoms with Gasteiger partial charge in [0.25, 0.3) is 15.9 Å². The number of ether oxygens (including phenoxy) is 2. The topological polar surface area (TPSA) is 97.0 Å². The smallest absolute Gasteiger partial charge is 0.261 e. The Hall–Kier alpha value is -3.72. The molecule has 1 saturated heterocycles. The van der Waals surface area contributed by atoms with Crippen LogP contribution < -0.4 is 24.4 Å². The third-order valence-electron chi connectivity index (χ3n) is 6.43. The minimum Gasteiger partial charge on any atom is -0.493 e. The molecule has 1 aliphatic rings. The zero-order valence-electron chi connectivity index (χ0n) is 21.4. The SMILES string of the molecule is COc1ccc(CCNC(=O)c2ccc(N3CCCC3)c(NS(=O)(=O)c3ccc(C)cc3)c2)cc1OC. The highest BCUT2D eigenvalue weighted by Gasteiger charge is 2.22. The molecular formula is C28H33N3O5S. The zero-order chi connectivity index (χ0) is 26.4. The highest BCUT2D eigenvalue weighted by atomic mass is 32.2. The Morgan fingerprint density at radius 2 is 1.62 bits per heavy atom. The van der Waals surface area contributed by atoms with Gasteiger partial charge in [0.05, 0.1) is 30.5 Å². The van der Waals surface area contributed by atoms with Crippen molar-refractivity contribution in [3.8, 4) is 11.5 Å². The fourth-order valence-electron chi connectivity index (χ4n) is 4.37. The summed E-state index contributed by atoms with van der Waals surface area (Å²) >= 11 is 0. The number of methoxy groups -OCH3 is 2. The van der Waals surface area contributed by atoms with Crippen LogP contribution in [0.1, 0.15) is 34.3 Å². The van der Waals surface area contributed by atoms with E-state index in [0.29, 0.717) is 35.7 Å². The Bertz CT molecular complexity index is 1350. The van der Waals surface area contributed by atoms with Crippen molar-refractivity contribution in [1.82, 2.24) is 5.32 Å². The second kappa shape index (κ2) is 11.6. The molecule has 0 radical (unpaired) electrons. The number of carbonyl (C=O) groups excluding carboxylic acids is 1. The summed E-state index contributed by atoms with van der Waals surface area (Å²) in [5, 5.41) is 2.93. The molecule has 4 rings (SSSR count). The molecular weight excluding hydrogens is 490 g/mol. The van der Waals surface area contributed by atoms with Crippen LogP contribution in [0.25, 0.3) is 0 Å². The minimum absolute atomic E-state index is 0.176. The fraction of sp³-hybridized carbons (Fsp3) is 0.321. The monoisotopic (exact) mass is 523 g/mol. The Balaban J connectivity index is 1.51. The Labute approximate surface area is 218 Å². The van der Waals surface area contributed by atoms with Crippen LogP contribution in [0.15, 0.2) is 65.6 Å². The van der Waals surface area contributed by atoms with Crippen molar-refractivity contribution in [2.45, 2.75) is 31.1 Å². The molecule has 1 aliphatic heterocycles. The molecule has 0 aromatic heterocycles. The Morgan fingerprint density at radius 3 is 2.30 bits per heavy atom. The van der Waals surface area contributed by atoms with Crippen molar-refractivity contribution in [2.75, 3.05) is 43.5 Å². The summed E-state index contributed by atoms with van der Waals surface area (Å²) in [6, 6.07) is 17.5. The van der Waals surface area contributed by atoms with Crippen LogP contribution >= 0.6 is 0 Å². The molecule has 37 heavy (non-hydrogen) atoms. The van der Waals surface area contributed by atoms with E-state index in [2.05, 4.69) is 14.9 Å². The van der Waals surface area contributed by atoms with E-state index in [0.717, 1.165) is 42.7 Å². The largest absolute Gasteiger partial charge is 0.493 e. The van der Waals surface area contributed by atoms with Gasteiger partial charge in [-0.15, -0.1) is 0 Å². The van der Waals surface area contributed by atoms with Crippen molar-refractivity contribution in [1.29, 1.82) is 0 Å². The molecule has 0 saturated carbocycles. The number of hydrogen-bond donors (Lipinski definition) is 2. The quantitative estimate of drug-likeness (QED) is 0.409. The van der Waals surface area contributed by atoms with E-state index in [9.17, 15) is 13.2 Å². The van der Waals surface area contributed by atoms with Gasteiger partial charge in [-0.1, -0.05) is 23.8 Å². The molecule has 0 bridgehead atoms. The van der Waals surface area contributed by atoms with E-state index in [1.807, 2.05) is 31.2 Å². The Morgan fingerprint density at radius 1 is 0.919 bits per heavy atom. The Kier molecular flexibility index (Phi) is 8.23. The number of nitrogens with zero attached hydrogens (tertiary/aromatic N) is 1. The highest BCUT2D eigenvalue weighted by molar-refractivity contribution is 7.92. The van der Waals surface area contributed by atoms with Gasteiger partial charge in [-0.3, -0.25) is 9.52 Å². The molecule has 1 fully saturated rings. The standard InChI is InChI=1S/C28H33N3O5S/c1-20-6-10-23(11-7-20)37(33,34)30-24-19-22(9-12-25(24)31-16-4-5-17-31)28(32)29-15-14-21-8-13-26(35-2)27(18-21)36-3/h6-13,18-19,30H,4-5,14-17H2,1-3H3,(H,29,32). The van der Waals surface area contributed by atoms with E-state index >= 15 is 0 Å². The third kappa shape index (κ3) is 6.35. The van der Waals surface area contributed by atoms with Gasteiger partial charge in [0.15, 0.2) is 11.5 Å². The number of aryl methyl sites for hydroxylation is 1. The predicted molar refractivity (Wildman–Crippen MR) is 145 cm³/mol. The lowest BCUT2D eigenvalue weighted by molar-refractivity contribution is 0.0954. The first-order valence-electron chi connectivity index (χ1n) is 12.3. The van der Waals surface area contributed by atoms with Crippen molar-refractivity contribution in [3.05, 3.63) is 77.4 Å². The number of anilines is 2. The summed E-state index contributed by atoms with van der Waals surface area (Å²) in [5.41, 5.74) is 3.53. The summed E-state index contributed by atoms with van der Waals surface area (Å²) in [4.78, 5) is 15.3. The van der Waals surface area contributed by atoms with Crippen LogP contribution in [0, 0.1) is 6.92 Å². The van der Waals surface area contributed by atoms with Crippen molar-refractivity contribution in [2.24, 2.45) is 0 Å².